The zero-order valence-corrected chi connectivity index (χ0v) is 26.5. The largest absolute Gasteiger partial charge is 0.497 e. The number of amides is 2. The van der Waals surface area contributed by atoms with Gasteiger partial charge in [-0.1, -0.05) is 35.3 Å². The summed E-state index contributed by atoms with van der Waals surface area (Å²) in [5.41, 5.74) is 0.463. The van der Waals surface area contributed by atoms with Crippen molar-refractivity contribution in [3.05, 3.63) is 92.0 Å². The summed E-state index contributed by atoms with van der Waals surface area (Å²) in [6.07, 6.45) is 0. The van der Waals surface area contributed by atoms with Gasteiger partial charge in [-0.3, -0.25) is 24.0 Å². The van der Waals surface area contributed by atoms with Gasteiger partial charge in [0.05, 0.1) is 22.6 Å². The molecular formula is C29H32Cl2N4O7S. The molecule has 2 amide bonds. The van der Waals surface area contributed by atoms with Crippen LogP contribution in [0.5, 0.6) is 5.75 Å². The van der Waals surface area contributed by atoms with Crippen LogP contribution in [0.25, 0.3) is 0 Å². The van der Waals surface area contributed by atoms with Crippen molar-refractivity contribution in [2.24, 2.45) is 0 Å². The Bertz CT molecular complexity index is 1620. The smallest absolute Gasteiger partial charge is 0.273 e. The van der Waals surface area contributed by atoms with E-state index in [4.69, 9.17) is 27.9 Å². The highest BCUT2D eigenvalue weighted by Crippen LogP contribution is 2.30. The molecule has 0 aliphatic carbocycles. The van der Waals surface area contributed by atoms with E-state index in [-0.39, 0.29) is 39.4 Å². The minimum absolute atomic E-state index is 0.0983. The van der Waals surface area contributed by atoms with E-state index in [2.05, 4.69) is 5.32 Å². The number of methoxy groups -OCH3 is 1. The molecule has 0 spiro atoms. The number of rotatable bonds is 12. The van der Waals surface area contributed by atoms with Gasteiger partial charge in [0.25, 0.3) is 15.7 Å². The van der Waals surface area contributed by atoms with Crippen LogP contribution >= 0.6 is 23.2 Å². The van der Waals surface area contributed by atoms with Crippen LogP contribution in [-0.2, 0) is 26.2 Å². The summed E-state index contributed by atoms with van der Waals surface area (Å²) in [6.45, 7) is 5.68. The Balaban J connectivity index is 2.11. The maximum atomic E-state index is 14.0. The van der Waals surface area contributed by atoms with E-state index < -0.39 is 39.3 Å². The lowest BCUT2D eigenvalue weighted by Gasteiger charge is -2.32. The van der Waals surface area contributed by atoms with E-state index in [9.17, 15) is 28.1 Å². The Kier molecular flexibility index (Phi) is 11.0. The Hall–Kier alpha value is -3.87. The van der Waals surface area contributed by atoms with Crippen LogP contribution in [0.2, 0.25) is 10.0 Å². The fourth-order valence-corrected chi connectivity index (χ4v) is 6.07. The number of hydrogen-bond donors (Lipinski definition) is 1. The number of nitrogens with one attached hydrogen (secondary N) is 1. The SMILES string of the molecule is COc1ccc(N(CC(=O)N(Cc2ccc(Cl)cc2Cl)[C@H](C)C(=O)NC(C)C)S(=O)(=O)c2ccc(C)c([N+](=O)[O-])c2)cc1. The van der Waals surface area contributed by atoms with Gasteiger partial charge in [0.1, 0.15) is 18.3 Å². The van der Waals surface area contributed by atoms with Crippen molar-refractivity contribution in [1.29, 1.82) is 0 Å². The second kappa shape index (κ2) is 14.1. The van der Waals surface area contributed by atoms with Crippen LogP contribution in [0.15, 0.2) is 65.6 Å². The first kappa shape index (κ1) is 33.6. The molecule has 3 aromatic carbocycles. The summed E-state index contributed by atoms with van der Waals surface area (Å²) in [4.78, 5) is 38.8. The molecule has 0 aliphatic rings. The minimum Gasteiger partial charge on any atom is -0.497 e. The number of sulfonamides is 1. The number of nitro groups is 1. The normalized spacial score (nSPS) is 12.0. The fraction of sp³-hybridized carbons (Fsp3) is 0.310. The number of anilines is 1. The van der Waals surface area contributed by atoms with Gasteiger partial charge < -0.3 is 15.0 Å². The lowest BCUT2D eigenvalue weighted by Crippen LogP contribution is -2.52. The van der Waals surface area contributed by atoms with E-state index in [1.54, 1.807) is 26.0 Å². The van der Waals surface area contributed by atoms with Gasteiger partial charge in [-0.2, -0.15) is 0 Å². The van der Waals surface area contributed by atoms with Crippen molar-refractivity contribution in [3.8, 4) is 5.75 Å². The Morgan fingerprint density at radius 1 is 1.02 bits per heavy atom. The summed E-state index contributed by atoms with van der Waals surface area (Å²) in [5, 5.41) is 15.0. The number of nitro benzene ring substituents is 1. The quantitative estimate of drug-likeness (QED) is 0.206. The fourth-order valence-electron chi connectivity index (χ4n) is 4.17. The standard InChI is InChI=1S/C29H32Cl2N4O7S/c1-18(2)32-29(37)20(4)33(16-21-7-8-22(30)14-26(21)31)28(36)17-34(23-9-11-24(42-5)12-10-23)43(40,41)25-13-6-19(3)27(15-25)35(38)39/h6-15,18,20H,16-17H2,1-5H3,(H,32,37)/t20-/m1/s1. The van der Waals surface area contributed by atoms with Crippen molar-refractivity contribution in [3.63, 3.8) is 0 Å². The number of aryl methyl sites for hydroxylation is 1. The number of carbonyl (C=O) groups excluding carboxylic acids is 2. The highest BCUT2D eigenvalue weighted by molar-refractivity contribution is 7.92. The van der Waals surface area contributed by atoms with Crippen LogP contribution in [0.3, 0.4) is 0 Å². The molecule has 0 unspecified atom stereocenters. The topological polar surface area (TPSA) is 139 Å². The number of carbonyl (C=O) groups is 2. The molecular weight excluding hydrogens is 619 g/mol. The average molecular weight is 652 g/mol. The number of ether oxygens (including phenoxy) is 1. The molecule has 0 bridgehead atoms. The van der Waals surface area contributed by atoms with Crippen LogP contribution in [0.1, 0.15) is 31.9 Å². The second-order valence-corrected chi connectivity index (χ2v) is 12.7. The molecule has 0 saturated carbocycles. The van der Waals surface area contributed by atoms with E-state index in [1.807, 2.05) is 0 Å². The van der Waals surface area contributed by atoms with Gasteiger partial charge in [-0.15, -0.1) is 0 Å². The zero-order chi connectivity index (χ0) is 32.1. The Labute approximate surface area is 260 Å². The third-order valence-corrected chi connectivity index (χ3v) is 8.92. The highest BCUT2D eigenvalue weighted by Gasteiger charge is 2.34. The lowest BCUT2D eigenvalue weighted by atomic mass is 10.1. The monoisotopic (exact) mass is 650 g/mol. The second-order valence-electron chi connectivity index (χ2n) is 10.0. The molecule has 1 N–H and O–H groups in total. The van der Waals surface area contributed by atoms with E-state index in [1.165, 1.54) is 68.3 Å². The number of hydrogen-bond acceptors (Lipinski definition) is 7. The zero-order valence-electron chi connectivity index (χ0n) is 24.2. The van der Waals surface area contributed by atoms with Crippen molar-refractivity contribution in [2.75, 3.05) is 18.0 Å². The van der Waals surface area contributed by atoms with Gasteiger partial charge in [-0.25, -0.2) is 8.42 Å². The first-order valence-electron chi connectivity index (χ1n) is 13.1. The van der Waals surface area contributed by atoms with Crippen molar-refractivity contribution < 1.29 is 27.7 Å². The van der Waals surface area contributed by atoms with Crippen LogP contribution in [-0.4, -0.2) is 55.8 Å². The molecule has 0 radical (unpaired) electrons. The molecule has 3 aromatic rings. The van der Waals surface area contributed by atoms with Crippen LogP contribution in [0, 0.1) is 17.0 Å². The van der Waals surface area contributed by atoms with Gasteiger partial charge in [0.2, 0.25) is 11.8 Å². The predicted molar refractivity (Wildman–Crippen MR) is 165 cm³/mol. The molecule has 0 aromatic heterocycles. The Morgan fingerprint density at radius 3 is 2.23 bits per heavy atom. The first-order chi connectivity index (χ1) is 20.1. The molecule has 14 heteroatoms. The molecule has 11 nitrogen and oxygen atoms in total. The molecule has 0 saturated heterocycles. The summed E-state index contributed by atoms with van der Waals surface area (Å²) < 4.78 is 34.1. The Morgan fingerprint density at radius 2 is 1.67 bits per heavy atom. The summed E-state index contributed by atoms with van der Waals surface area (Å²) in [7, 11) is -3.08. The minimum atomic E-state index is -4.53. The average Bonchev–Trinajstić information content (AvgIpc) is 2.94. The molecule has 0 fully saturated rings. The third-order valence-electron chi connectivity index (χ3n) is 6.56. The first-order valence-corrected chi connectivity index (χ1v) is 15.3. The summed E-state index contributed by atoms with van der Waals surface area (Å²) in [6, 6.07) is 12.9. The lowest BCUT2D eigenvalue weighted by molar-refractivity contribution is -0.385. The van der Waals surface area contributed by atoms with Crippen molar-refractivity contribution in [2.45, 2.75) is 51.2 Å². The van der Waals surface area contributed by atoms with Crippen LogP contribution in [0.4, 0.5) is 11.4 Å². The third kappa shape index (κ3) is 8.15. The number of halogens is 2. The number of benzene rings is 3. The van der Waals surface area contributed by atoms with Gasteiger partial charge in [0, 0.05) is 34.3 Å². The van der Waals surface area contributed by atoms with E-state index in [0.717, 1.165) is 10.4 Å². The summed E-state index contributed by atoms with van der Waals surface area (Å²) >= 11 is 12.4. The number of nitrogens with zero attached hydrogens (tertiary/aromatic N) is 3. The molecule has 3 rings (SSSR count). The van der Waals surface area contributed by atoms with Gasteiger partial charge in [-0.05, 0) is 75.7 Å². The molecule has 230 valence electrons. The van der Waals surface area contributed by atoms with E-state index >= 15 is 0 Å². The van der Waals surface area contributed by atoms with Crippen LogP contribution < -0.4 is 14.4 Å². The summed E-state index contributed by atoms with van der Waals surface area (Å²) in [5.74, 6) is -0.740. The maximum absolute atomic E-state index is 14.0. The van der Waals surface area contributed by atoms with E-state index in [0.29, 0.717) is 16.3 Å². The maximum Gasteiger partial charge on any atom is 0.273 e. The molecule has 0 aliphatic heterocycles. The predicted octanol–water partition coefficient (Wildman–Crippen LogP) is 5.36. The van der Waals surface area contributed by atoms with Gasteiger partial charge >= 0.3 is 0 Å². The molecule has 0 heterocycles. The van der Waals surface area contributed by atoms with Gasteiger partial charge in [0.15, 0.2) is 0 Å². The van der Waals surface area contributed by atoms with Crippen molar-refractivity contribution in [1.82, 2.24) is 10.2 Å². The van der Waals surface area contributed by atoms with Crippen molar-refractivity contribution >= 4 is 56.4 Å². The molecule has 1 atom stereocenters. The molecule has 43 heavy (non-hydrogen) atoms. The highest BCUT2D eigenvalue weighted by atomic mass is 35.5.